The molecule has 4 rings (SSSR count). The van der Waals surface area contributed by atoms with Crippen molar-refractivity contribution in [3.63, 3.8) is 0 Å². The molecule has 0 bridgehead atoms. The van der Waals surface area contributed by atoms with Crippen LogP contribution in [0.25, 0.3) is 10.2 Å². The minimum Gasteiger partial charge on any atom is -0.355 e. The van der Waals surface area contributed by atoms with Crippen LogP contribution in [0.5, 0.6) is 0 Å². The molecule has 1 atom stereocenters. The van der Waals surface area contributed by atoms with Crippen LogP contribution in [0.15, 0.2) is 48.5 Å². The Bertz CT molecular complexity index is 982. The molecule has 0 spiro atoms. The van der Waals surface area contributed by atoms with Gasteiger partial charge in [0, 0.05) is 30.8 Å². The van der Waals surface area contributed by atoms with E-state index in [9.17, 15) is 9.59 Å². The Kier molecular flexibility index (Phi) is 5.87. The molecule has 1 aliphatic heterocycles. The zero-order valence-corrected chi connectivity index (χ0v) is 17.2. The second kappa shape index (κ2) is 8.71. The number of hydrogen-bond donors (Lipinski definition) is 2. The highest BCUT2D eigenvalue weighted by Gasteiger charge is 2.25. The number of fused-ring (bicyclic) bond motifs is 1. The van der Waals surface area contributed by atoms with Crippen molar-refractivity contribution >= 4 is 39.1 Å². The summed E-state index contributed by atoms with van der Waals surface area (Å²) < 4.78 is 1.22. The first-order chi connectivity index (χ1) is 14.1. The smallest absolute Gasteiger partial charge is 0.251 e. The number of aromatic nitrogens is 1. The lowest BCUT2D eigenvalue weighted by Crippen LogP contribution is -2.39. The monoisotopic (exact) mass is 408 g/mol. The van der Waals surface area contributed by atoms with Crippen LogP contribution in [0.3, 0.4) is 0 Å². The Labute approximate surface area is 173 Å². The van der Waals surface area contributed by atoms with Gasteiger partial charge in [-0.3, -0.25) is 14.5 Å². The molecule has 150 valence electrons. The fourth-order valence-electron chi connectivity index (χ4n) is 3.72. The lowest BCUT2D eigenvalue weighted by Gasteiger charge is -2.31. The van der Waals surface area contributed by atoms with Gasteiger partial charge >= 0.3 is 0 Å². The van der Waals surface area contributed by atoms with Crippen LogP contribution in [-0.2, 0) is 4.79 Å². The van der Waals surface area contributed by atoms with Gasteiger partial charge in [0.2, 0.25) is 5.91 Å². The first-order valence-electron chi connectivity index (χ1n) is 9.82. The van der Waals surface area contributed by atoms with E-state index in [2.05, 4.69) is 27.7 Å². The van der Waals surface area contributed by atoms with E-state index in [1.165, 1.54) is 9.71 Å². The molecule has 2 heterocycles. The third-order valence-corrected chi connectivity index (χ3v) is 6.39. The Hall–Kier alpha value is -2.77. The van der Waals surface area contributed by atoms with Crippen molar-refractivity contribution < 1.29 is 9.59 Å². The first-order valence-corrected chi connectivity index (χ1v) is 10.6. The quantitative estimate of drug-likeness (QED) is 0.678. The van der Waals surface area contributed by atoms with Crippen LogP contribution in [-0.4, -0.2) is 48.4 Å². The number of anilines is 1. The molecule has 2 N–H and O–H groups in total. The van der Waals surface area contributed by atoms with Gasteiger partial charge in [-0.25, -0.2) is 4.98 Å². The summed E-state index contributed by atoms with van der Waals surface area (Å²) in [5.41, 5.74) is 2.32. The number of carbonyl (C=O) groups is 2. The van der Waals surface area contributed by atoms with Crippen LogP contribution in [0.4, 0.5) is 5.69 Å². The highest BCUT2D eigenvalue weighted by atomic mass is 32.1. The lowest BCUT2D eigenvalue weighted by atomic mass is 9.99. The fourth-order valence-corrected chi connectivity index (χ4v) is 4.81. The number of hydrogen-bond acceptors (Lipinski definition) is 5. The van der Waals surface area contributed by atoms with Crippen LogP contribution in [0, 0.1) is 0 Å². The molecule has 29 heavy (non-hydrogen) atoms. The Balaban J connectivity index is 1.35. The van der Waals surface area contributed by atoms with E-state index in [0.29, 0.717) is 23.7 Å². The van der Waals surface area contributed by atoms with Crippen molar-refractivity contribution in [3.8, 4) is 0 Å². The zero-order valence-electron chi connectivity index (χ0n) is 16.4. The number of thiazole rings is 1. The maximum atomic E-state index is 12.5. The van der Waals surface area contributed by atoms with Gasteiger partial charge in [-0.05, 0) is 55.8 Å². The van der Waals surface area contributed by atoms with Crippen LogP contribution in [0.2, 0.25) is 0 Å². The molecule has 0 saturated carbocycles. The minimum absolute atomic E-state index is 0.0392. The molecule has 7 heteroatoms. The molecule has 1 saturated heterocycles. The second-order valence-electron chi connectivity index (χ2n) is 7.30. The number of likely N-dealkylation sites (tertiary alicyclic amines) is 1. The van der Waals surface area contributed by atoms with Gasteiger partial charge in [0.25, 0.3) is 5.91 Å². The van der Waals surface area contributed by atoms with E-state index in [1.807, 2.05) is 12.1 Å². The van der Waals surface area contributed by atoms with E-state index in [-0.39, 0.29) is 11.8 Å². The molecule has 0 radical (unpaired) electrons. The number of para-hydroxylation sites is 1. The largest absolute Gasteiger partial charge is 0.355 e. The number of nitrogens with one attached hydrogen (secondary N) is 2. The number of carbonyl (C=O) groups excluding carboxylic acids is 2. The molecule has 0 aliphatic carbocycles. The van der Waals surface area contributed by atoms with Crippen molar-refractivity contribution in [2.45, 2.75) is 18.8 Å². The molecule has 3 aromatic rings. The summed E-state index contributed by atoms with van der Waals surface area (Å²) >= 11 is 1.76. The van der Waals surface area contributed by atoms with Gasteiger partial charge in [-0.2, -0.15) is 0 Å². The van der Waals surface area contributed by atoms with E-state index in [4.69, 9.17) is 4.98 Å². The average Bonchev–Trinajstić information content (AvgIpc) is 3.18. The third kappa shape index (κ3) is 4.63. The average molecular weight is 409 g/mol. The van der Waals surface area contributed by atoms with Crippen LogP contribution in [0.1, 0.15) is 34.1 Å². The van der Waals surface area contributed by atoms with Crippen LogP contribution < -0.4 is 10.6 Å². The third-order valence-electron chi connectivity index (χ3n) is 5.19. The maximum absolute atomic E-state index is 12.5. The van der Waals surface area contributed by atoms with Gasteiger partial charge in [0.1, 0.15) is 0 Å². The van der Waals surface area contributed by atoms with E-state index in [1.54, 1.807) is 42.6 Å². The second-order valence-corrected chi connectivity index (χ2v) is 8.36. The molecule has 6 nitrogen and oxygen atoms in total. The first kappa shape index (κ1) is 19.5. The fraction of sp³-hybridized carbons (Fsp3) is 0.318. The van der Waals surface area contributed by atoms with E-state index < -0.39 is 0 Å². The molecule has 1 aliphatic rings. The number of rotatable bonds is 5. The summed E-state index contributed by atoms with van der Waals surface area (Å²) in [6, 6.07) is 15.1. The lowest BCUT2D eigenvalue weighted by molar-refractivity contribution is -0.117. The Morgan fingerprint density at radius 1 is 1.17 bits per heavy atom. The number of piperidine rings is 1. The van der Waals surface area contributed by atoms with Crippen LogP contribution >= 0.6 is 11.3 Å². The molecule has 1 aromatic heterocycles. The standard InChI is InChI=1S/C22H24N4O2S/c1-23-21(28)15-8-10-17(11-9-15)24-20(27)14-26-12-4-5-16(13-26)22-25-18-6-2-3-7-19(18)29-22/h2-3,6-11,16H,4-5,12-14H2,1H3,(H,23,28)(H,24,27)/t16-/m0/s1. The predicted octanol–water partition coefficient (Wildman–Crippen LogP) is 3.47. The summed E-state index contributed by atoms with van der Waals surface area (Å²) in [6.07, 6.45) is 2.17. The Morgan fingerprint density at radius 3 is 2.72 bits per heavy atom. The number of nitrogens with zero attached hydrogens (tertiary/aromatic N) is 2. The van der Waals surface area contributed by atoms with E-state index in [0.717, 1.165) is 31.4 Å². The highest BCUT2D eigenvalue weighted by molar-refractivity contribution is 7.18. The van der Waals surface area contributed by atoms with E-state index >= 15 is 0 Å². The predicted molar refractivity (Wildman–Crippen MR) is 116 cm³/mol. The normalized spacial score (nSPS) is 17.2. The number of amides is 2. The Morgan fingerprint density at radius 2 is 1.97 bits per heavy atom. The van der Waals surface area contributed by atoms with Crippen molar-refractivity contribution in [3.05, 3.63) is 59.1 Å². The van der Waals surface area contributed by atoms with Gasteiger partial charge in [-0.1, -0.05) is 12.1 Å². The molecular weight excluding hydrogens is 384 g/mol. The molecule has 1 fully saturated rings. The number of benzene rings is 2. The molecule has 0 unspecified atom stereocenters. The molecule has 2 amide bonds. The summed E-state index contributed by atoms with van der Waals surface area (Å²) in [5.74, 6) is 0.195. The topological polar surface area (TPSA) is 74.3 Å². The van der Waals surface area contributed by atoms with Crippen molar-refractivity contribution in [2.24, 2.45) is 0 Å². The SMILES string of the molecule is CNC(=O)c1ccc(NC(=O)CN2CCC[C@H](c3nc4ccccc4s3)C2)cc1. The summed E-state index contributed by atoms with van der Waals surface area (Å²) in [4.78, 5) is 31.1. The minimum atomic E-state index is -0.142. The van der Waals surface area contributed by atoms with Crippen molar-refractivity contribution in [1.29, 1.82) is 0 Å². The van der Waals surface area contributed by atoms with Gasteiger partial charge < -0.3 is 10.6 Å². The molecule has 2 aromatic carbocycles. The van der Waals surface area contributed by atoms with Gasteiger partial charge in [0.05, 0.1) is 21.8 Å². The zero-order chi connectivity index (χ0) is 20.2. The summed E-state index contributed by atoms with van der Waals surface area (Å²) in [6.45, 7) is 2.13. The van der Waals surface area contributed by atoms with Crippen molar-refractivity contribution in [1.82, 2.24) is 15.2 Å². The summed E-state index contributed by atoms with van der Waals surface area (Å²) in [5, 5.41) is 6.68. The van der Waals surface area contributed by atoms with Crippen molar-refractivity contribution in [2.75, 3.05) is 32.0 Å². The maximum Gasteiger partial charge on any atom is 0.251 e. The molecular formula is C22H24N4O2S. The highest BCUT2D eigenvalue weighted by Crippen LogP contribution is 2.32. The van der Waals surface area contributed by atoms with Gasteiger partial charge in [0.15, 0.2) is 0 Å². The summed E-state index contributed by atoms with van der Waals surface area (Å²) in [7, 11) is 1.60. The van der Waals surface area contributed by atoms with Gasteiger partial charge in [-0.15, -0.1) is 11.3 Å².